The van der Waals surface area contributed by atoms with E-state index < -0.39 is 0 Å². The number of aryl methyl sites for hydroxylation is 2. The lowest BCUT2D eigenvalue weighted by atomic mass is 9.87. The minimum Gasteiger partial charge on any atom is -0.363 e. The van der Waals surface area contributed by atoms with Crippen LogP contribution in [0, 0.1) is 6.92 Å². The molecule has 1 aromatic heterocycles. The highest BCUT2D eigenvalue weighted by Crippen LogP contribution is 2.36. The van der Waals surface area contributed by atoms with Gasteiger partial charge in [-0.05, 0) is 58.6 Å². The molecule has 0 aliphatic carbocycles. The Labute approximate surface area is 127 Å². The topological polar surface area (TPSA) is 37.4 Å². The number of fused-ring (bicyclic) bond motifs is 1. The first-order valence-electron chi connectivity index (χ1n) is 7.96. The number of rotatable bonds is 2. The Bertz CT molecular complexity index is 523. The molecule has 1 N–H and O–H groups in total. The van der Waals surface area contributed by atoms with Gasteiger partial charge in [0.05, 0.1) is 17.9 Å². The smallest absolute Gasteiger partial charge is 0.129 e. The van der Waals surface area contributed by atoms with Crippen molar-refractivity contribution in [3.8, 4) is 0 Å². The minimum absolute atomic E-state index is 0.0684. The van der Waals surface area contributed by atoms with Crippen molar-refractivity contribution in [3.63, 3.8) is 0 Å². The molecule has 0 aromatic carbocycles. The van der Waals surface area contributed by atoms with Gasteiger partial charge in [-0.25, -0.2) is 4.98 Å². The summed E-state index contributed by atoms with van der Waals surface area (Å²) in [6.45, 7) is 11.3. The Morgan fingerprint density at radius 3 is 2.90 bits per heavy atom. The van der Waals surface area contributed by atoms with Crippen LogP contribution in [-0.4, -0.2) is 40.8 Å². The zero-order valence-corrected chi connectivity index (χ0v) is 13.7. The third kappa shape index (κ3) is 3.38. The fourth-order valence-corrected chi connectivity index (χ4v) is 3.24. The summed E-state index contributed by atoms with van der Waals surface area (Å²) in [5.41, 5.74) is 2.57. The van der Waals surface area contributed by atoms with E-state index in [1.165, 1.54) is 18.4 Å². The molecule has 116 valence electrons. The Kier molecular flexibility index (Phi) is 3.70. The number of ether oxygens (including phenoxy) is 1. The zero-order valence-electron chi connectivity index (χ0n) is 13.7. The second kappa shape index (κ2) is 5.25. The molecule has 1 aromatic rings. The van der Waals surface area contributed by atoms with E-state index in [4.69, 9.17) is 4.74 Å². The van der Waals surface area contributed by atoms with Crippen molar-refractivity contribution in [2.24, 2.45) is 0 Å². The van der Waals surface area contributed by atoms with Gasteiger partial charge in [-0.2, -0.15) is 0 Å². The Morgan fingerprint density at radius 2 is 2.14 bits per heavy atom. The SMILES string of the molecule is Cc1ccc2c(n1)NC1(CC2)CCN(COC(C)(C)C)C1. The Morgan fingerprint density at radius 1 is 1.33 bits per heavy atom. The van der Waals surface area contributed by atoms with Gasteiger partial charge in [0.15, 0.2) is 0 Å². The fraction of sp³-hybridized carbons (Fsp3) is 0.706. The lowest BCUT2D eigenvalue weighted by Gasteiger charge is -2.36. The highest BCUT2D eigenvalue weighted by Gasteiger charge is 2.40. The molecule has 1 fully saturated rings. The van der Waals surface area contributed by atoms with Crippen LogP contribution >= 0.6 is 0 Å². The van der Waals surface area contributed by atoms with Crippen molar-refractivity contribution in [2.45, 2.75) is 58.1 Å². The van der Waals surface area contributed by atoms with Crippen LogP contribution in [0.3, 0.4) is 0 Å². The van der Waals surface area contributed by atoms with Crippen molar-refractivity contribution < 1.29 is 4.74 Å². The molecule has 3 heterocycles. The molecule has 1 atom stereocenters. The molecule has 21 heavy (non-hydrogen) atoms. The molecule has 2 aliphatic heterocycles. The second-order valence-electron chi connectivity index (χ2n) is 7.55. The van der Waals surface area contributed by atoms with Gasteiger partial charge in [0.2, 0.25) is 0 Å². The number of aromatic nitrogens is 1. The van der Waals surface area contributed by atoms with Gasteiger partial charge in [-0.3, -0.25) is 4.90 Å². The van der Waals surface area contributed by atoms with E-state index in [0.29, 0.717) is 0 Å². The number of nitrogens with zero attached hydrogens (tertiary/aromatic N) is 2. The van der Waals surface area contributed by atoms with Crippen LogP contribution in [0.15, 0.2) is 12.1 Å². The highest BCUT2D eigenvalue weighted by molar-refractivity contribution is 5.50. The lowest BCUT2D eigenvalue weighted by Crippen LogP contribution is -2.45. The lowest BCUT2D eigenvalue weighted by molar-refractivity contribution is -0.0578. The number of hydrogen-bond acceptors (Lipinski definition) is 4. The summed E-state index contributed by atoms with van der Waals surface area (Å²) in [6, 6.07) is 4.32. The quantitative estimate of drug-likeness (QED) is 0.908. The maximum atomic E-state index is 5.92. The minimum atomic E-state index is -0.0684. The molecule has 0 bridgehead atoms. The molecule has 1 saturated heterocycles. The first kappa shape index (κ1) is 14.8. The van der Waals surface area contributed by atoms with E-state index in [-0.39, 0.29) is 11.1 Å². The van der Waals surface area contributed by atoms with Crippen LogP contribution in [0.5, 0.6) is 0 Å². The van der Waals surface area contributed by atoms with E-state index in [1.807, 2.05) is 0 Å². The zero-order chi connectivity index (χ0) is 15.1. The number of nitrogens with one attached hydrogen (secondary N) is 1. The van der Waals surface area contributed by atoms with Crippen LogP contribution in [-0.2, 0) is 11.2 Å². The standard InChI is InChI=1S/C17H27N3O/c1-13-5-6-14-7-8-17(19-15(14)18-13)9-10-20(11-17)12-21-16(2,3)4/h5-6H,7-12H2,1-4H3,(H,18,19). The molecule has 0 amide bonds. The van der Waals surface area contributed by atoms with Gasteiger partial charge in [0.25, 0.3) is 0 Å². The molecule has 1 unspecified atom stereocenters. The van der Waals surface area contributed by atoms with Crippen LogP contribution in [0.25, 0.3) is 0 Å². The van der Waals surface area contributed by atoms with E-state index in [2.05, 4.69) is 55.0 Å². The summed E-state index contributed by atoms with van der Waals surface area (Å²) in [7, 11) is 0. The molecule has 3 rings (SSSR count). The normalized spacial score (nSPS) is 25.9. The van der Waals surface area contributed by atoms with Gasteiger partial charge in [-0.15, -0.1) is 0 Å². The highest BCUT2D eigenvalue weighted by atomic mass is 16.5. The molecule has 4 nitrogen and oxygen atoms in total. The van der Waals surface area contributed by atoms with Crippen molar-refractivity contribution in [3.05, 3.63) is 23.4 Å². The molecular weight excluding hydrogens is 262 g/mol. The number of hydrogen-bond donors (Lipinski definition) is 1. The summed E-state index contributed by atoms with van der Waals surface area (Å²) in [6.07, 6.45) is 3.50. The summed E-state index contributed by atoms with van der Waals surface area (Å²) < 4.78 is 5.92. The predicted molar refractivity (Wildman–Crippen MR) is 85.5 cm³/mol. The van der Waals surface area contributed by atoms with Crippen LogP contribution < -0.4 is 5.32 Å². The van der Waals surface area contributed by atoms with Gasteiger partial charge in [0, 0.05) is 18.8 Å². The third-order valence-electron chi connectivity index (χ3n) is 4.49. The van der Waals surface area contributed by atoms with Crippen molar-refractivity contribution >= 4 is 5.82 Å². The van der Waals surface area contributed by atoms with Crippen molar-refractivity contribution in [1.82, 2.24) is 9.88 Å². The number of anilines is 1. The molecular formula is C17H27N3O. The van der Waals surface area contributed by atoms with Gasteiger partial charge >= 0.3 is 0 Å². The van der Waals surface area contributed by atoms with Gasteiger partial charge in [0.1, 0.15) is 5.82 Å². The maximum absolute atomic E-state index is 5.92. The molecule has 2 aliphatic rings. The Balaban J connectivity index is 1.65. The first-order valence-corrected chi connectivity index (χ1v) is 7.96. The van der Waals surface area contributed by atoms with Crippen LogP contribution in [0.2, 0.25) is 0 Å². The van der Waals surface area contributed by atoms with Crippen molar-refractivity contribution in [1.29, 1.82) is 0 Å². The van der Waals surface area contributed by atoms with Gasteiger partial charge in [-0.1, -0.05) is 6.07 Å². The number of pyridine rings is 1. The largest absolute Gasteiger partial charge is 0.363 e. The van der Waals surface area contributed by atoms with E-state index in [9.17, 15) is 0 Å². The molecule has 0 radical (unpaired) electrons. The third-order valence-corrected chi connectivity index (χ3v) is 4.49. The average molecular weight is 289 g/mol. The van der Waals surface area contributed by atoms with Crippen LogP contribution in [0.1, 0.15) is 44.9 Å². The fourth-order valence-electron chi connectivity index (χ4n) is 3.24. The number of likely N-dealkylation sites (tertiary alicyclic amines) is 1. The van der Waals surface area contributed by atoms with E-state index in [1.54, 1.807) is 0 Å². The molecule has 4 heteroatoms. The van der Waals surface area contributed by atoms with Gasteiger partial charge < -0.3 is 10.1 Å². The maximum Gasteiger partial charge on any atom is 0.129 e. The Hall–Kier alpha value is -1.13. The first-order chi connectivity index (χ1) is 9.85. The summed E-state index contributed by atoms with van der Waals surface area (Å²) >= 11 is 0. The summed E-state index contributed by atoms with van der Waals surface area (Å²) in [4.78, 5) is 7.10. The van der Waals surface area contributed by atoms with Crippen molar-refractivity contribution in [2.75, 3.05) is 25.1 Å². The van der Waals surface area contributed by atoms with E-state index >= 15 is 0 Å². The molecule has 1 spiro atoms. The predicted octanol–water partition coefficient (Wildman–Crippen LogP) is 2.97. The average Bonchev–Trinajstić information content (AvgIpc) is 2.78. The van der Waals surface area contributed by atoms with E-state index in [0.717, 1.165) is 37.8 Å². The monoisotopic (exact) mass is 289 g/mol. The summed E-state index contributed by atoms with van der Waals surface area (Å²) in [5, 5.41) is 3.73. The molecule has 0 saturated carbocycles. The summed E-state index contributed by atoms with van der Waals surface area (Å²) in [5.74, 6) is 1.10. The second-order valence-corrected chi connectivity index (χ2v) is 7.55. The van der Waals surface area contributed by atoms with Crippen LogP contribution in [0.4, 0.5) is 5.82 Å².